The summed E-state index contributed by atoms with van der Waals surface area (Å²) >= 11 is 1.49. The second-order valence-corrected chi connectivity index (χ2v) is 8.88. The molecule has 2 aromatic carbocycles. The Hall–Kier alpha value is -3.22. The van der Waals surface area contributed by atoms with Crippen LogP contribution in [0.1, 0.15) is 4.88 Å². The number of nitrogens with one attached hydrogen (secondary N) is 1. The van der Waals surface area contributed by atoms with Gasteiger partial charge in [0.2, 0.25) is 0 Å². The first kappa shape index (κ1) is 23.0. The fraction of sp³-hybridized carbons (Fsp3) is 0.280. The summed E-state index contributed by atoms with van der Waals surface area (Å²) in [5.41, 5.74) is 2.22. The van der Waals surface area contributed by atoms with Gasteiger partial charge in [0.1, 0.15) is 11.6 Å². The molecule has 1 aromatic heterocycles. The fourth-order valence-corrected chi connectivity index (χ4v) is 4.60. The van der Waals surface area contributed by atoms with Gasteiger partial charge in [-0.2, -0.15) is 5.26 Å². The standard InChI is InChI=1S/C25H25N3O4S/c26-14-20(25(31)27-15-22(30)16-29)13-23-5-6-24(33-23)19-2-1-18-12-21(4-3-17(18)11-19)28-7-9-32-10-8-28/h1-6,11-13,22,29-30H,7-10,15-16H2,(H,27,31). The van der Waals surface area contributed by atoms with E-state index in [1.165, 1.54) is 28.5 Å². The van der Waals surface area contributed by atoms with Crippen molar-refractivity contribution in [2.24, 2.45) is 0 Å². The molecule has 0 spiro atoms. The molecule has 0 saturated carbocycles. The Morgan fingerprint density at radius 2 is 1.94 bits per heavy atom. The molecule has 3 N–H and O–H groups in total. The number of amides is 1. The van der Waals surface area contributed by atoms with Gasteiger partial charge < -0.3 is 25.2 Å². The van der Waals surface area contributed by atoms with Crippen molar-refractivity contribution in [3.8, 4) is 16.5 Å². The van der Waals surface area contributed by atoms with Crippen LogP contribution in [0, 0.1) is 11.3 Å². The van der Waals surface area contributed by atoms with Gasteiger partial charge in [0.25, 0.3) is 5.91 Å². The van der Waals surface area contributed by atoms with Crippen molar-refractivity contribution >= 4 is 39.8 Å². The Kier molecular flexibility index (Phi) is 7.37. The molecule has 3 aromatic rings. The van der Waals surface area contributed by atoms with E-state index >= 15 is 0 Å². The number of carbonyl (C=O) groups excluding carboxylic acids is 1. The van der Waals surface area contributed by atoms with E-state index in [1.54, 1.807) is 0 Å². The van der Waals surface area contributed by atoms with Crippen molar-refractivity contribution in [1.29, 1.82) is 5.26 Å². The fourth-order valence-electron chi connectivity index (χ4n) is 3.65. The molecule has 8 heteroatoms. The first-order chi connectivity index (χ1) is 16.1. The number of anilines is 1. The lowest BCUT2D eigenvalue weighted by atomic mass is 10.0. The van der Waals surface area contributed by atoms with Gasteiger partial charge in [0, 0.05) is 35.1 Å². The van der Waals surface area contributed by atoms with E-state index in [2.05, 4.69) is 46.6 Å². The summed E-state index contributed by atoms with van der Waals surface area (Å²) in [7, 11) is 0. The molecule has 1 aliphatic heterocycles. The summed E-state index contributed by atoms with van der Waals surface area (Å²) in [5.74, 6) is -0.582. The van der Waals surface area contributed by atoms with Crippen molar-refractivity contribution in [1.82, 2.24) is 5.32 Å². The van der Waals surface area contributed by atoms with Crippen molar-refractivity contribution in [3.63, 3.8) is 0 Å². The van der Waals surface area contributed by atoms with E-state index in [0.717, 1.165) is 47.0 Å². The molecule has 2 heterocycles. The van der Waals surface area contributed by atoms with Crippen molar-refractivity contribution < 1.29 is 19.7 Å². The number of thiophene rings is 1. The molecule has 1 amide bonds. The van der Waals surface area contributed by atoms with E-state index in [0.29, 0.717) is 0 Å². The molecule has 7 nitrogen and oxygen atoms in total. The Bertz CT molecular complexity index is 1210. The van der Waals surface area contributed by atoms with Gasteiger partial charge in [-0.1, -0.05) is 18.2 Å². The molecular formula is C25H25N3O4S. The van der Waals surface area contributed by atoms with Crippen LogP contribution in [0.15, 0.2) is 54.1 Å². The molecule has 170 valence electrons. The quantitative estimate of drug-likeness (QED) is 0.368. The van der Waals surface area contributed by atoms with Crippen LogP contribution in [0.4, 0.5) is 5.69 Å². The van der Waals surface area contributed by atoms with Crippen molar-refractivity contribution in [2.75, 3.05) is 44.4 Å². The number of aliphatic hydroxyl groups is 2. The van der Waals surface area contributed by atoms with E-state index < -0.39 is 18.6 Å². The lowest BCUT2D eigenvalue weighted by molar-refractivity contribution is -0.117. The monoisotopic (exact) mass is 463 g/mol. The van der Waals surface area contributed by atoms with E-state index in [9.17, 15) is 15.2 Å². The lowest BCUT2D eigenvalue weighted by Gasteiger charge is -2.29. The average Bonchev–Trinajstić information content (AvgIpc) is 3.34. The Morgan fingerprint density at radius 3 is 2.70 bits per heavy atom. The maximum Gasteiger partial charge on any atom is 0.262 e. The highest BCUT2D eigenvalue weighted by atomic mass is 32.1. The molecule has 0 aliphatic carbocycles. The number of carbonyl (C=O) groups is 1. The zero-order valence-corrected chi connectivity index (χ0v) is 18.8. The minimum atomic E-state index is -1.06. The predicted octanol–water partition coefficient (Wildman–Crippen LogP) is 2.78. The maximum absolute atomic E-state index is 12.2. The summed E-state index contributed by atoms with van der Waals surface area (Å²) in [4.78, 5) is 16.3. The smallest absolute Gasteiger partial charge is 0.262 e. The number of morpholine rings is 1. The molecule has 1 saturated heterocycles. The molecule has 1 unspecified atom stereocenters. The number of hydrogen-bond acceptors (Lipinski definition) is 7. The summed E-state index contributed by atoms with van der Waals surface area (Å²) in [6.45, 7) is 2.74. The van der Waals surface area contributed by atoms with Crippen molar-refractivity contribution in [3.05, 3.63) is 59.0 Å². The maximum atomic E-state index is 12.2. The number of nitrogens with zero attached hydrogens (tertiary/aromatic N) is 2. The summed E-state index contributed by atoms with van der Waals surface area (Å²) < 4.78 is 5.44. The third kappa shape index (κ3) is 5.59. The van der Waals surface area contributed by atoms with Crippen LogP contribution in [-0.2, 0) is 9.53 Å². The Morgan fingerprint density at radius 1 is 1.18 bits per heavy atom. The second kappa shape index (κ2) is 10.6. The molecule has 1 aliphatic rings. The van der Waals surface area contributed by atoms with E-state index in [1.807, 2.05) is 18.2 Å². The van der Waals surface area contributed by atoms with Gasteiger partial charge in [0.05, 0.1) is 25.9 Å². The van der Waals surface area contributed by atoms with Gasteiger partial charge in [-0.05, 0) is 52.7 Å². The number of ether oxygens (including phenoxy) is 1. The number of fused-ring (bicyclic) bond motifs is 1. The molecule has 0 bridgehead atoms. The van der Waals surface area contributed by atoms with Gasteiger partial charge in [0.15, 0.2) is 0 Å². The summed E-state index contributed by atoms with van der Waals surface area (Å²) in [6, 6.07) is 18.6. The van der Waals surface area contributed by atoms with Crippen LogP contribution in [0.5, 0.6) is 0 Å². The van der Waals surface area contributed by atoms with E-state index in [-0.39, 0.29) is 12.1 Å². The first-order valence-corrected chi connectivity index (χ1v) is 11.5. The van der Waals surface area contributed by atoms with Crippen LogP contribution in [0.2, 0.25) is 0 Å². The molecular weight excluding hydrogens is 438 g/mol. The lowest BCUT2D eigenvalue weighted by Crippen LogP contribution is -2.36. The van der Waals surface area contributed by atoms with Gasteiger partial charge >= 0.3 is 0 Å². The van der Waals surface area contributed by atoms with Crippen LogP contribution in [-0.4, -0.2) is 61.7 Å². The molecule has 4 rings (SSSR count). The molecule has 1 atom stereocenters. The van der Waals surface area contributed by atoms with Crippen molar-refractivity contribution in [2.45, 2.75) is 6.10 Å². The average molecular weight is 464 g/mol. The zero-order valence-electron chi connectivity index (χ0n) is 18.0. The zero-order chi connectivity index (χ0) is 23.2. The Labute approximate surface area is 196 Å². The normalized spacial score (nSPS) is 15.3. The van der Waals surface area contributed by atoms with Crippen LogP contribution >= 0.6 is 11.3 Å². The highest BCUT2D eigenvalue weighted by Gasteiger charge is 2.13. The van der Waals surface area contributed by atoms with Gasteiger partial charge in [-0.15, -0.1) is 11.3 Å². The van der Waals surface area contributed by atoms with Crippen LogP contribution < -0.4 is 10.2 Å². The van der Waals surface area contributed by atoms with E-state index in [4.69, 9.17) is 9.84 Å². The third-order valence-electron chi connectivity index (χ3n) is 5.47. The molecule has 0 radical (unpaired) electrons. The highest BCUT2D eigenvalue weighted by Crippen LogP contribution is 2.32. The van der Waals surface area contributed by atoms with Gasteiger partial charge in [-0.25, -0.2) is 0 Å². The second-order valence-electron chi connectivity index (χ2n) is 7.76. The molecule has 33 heavy (non-hydrogen) atoms. The first-order valence-electron chi connectivity index (χ1n) is 10.7. The minimum Gasteiger partial charge on any atom is -0.394 e. The number of nitriles is 1. The number of rotatable bonds is 7. The number of benzene rings is 2. The van der Waals surface area contributed by atoms with Crippen LogP contribution in [0.3, 0.4) is 0 Å². The molecule has 1 fully saturated rings. The van der Waals surface area contributed by atoms with Crippen LogP contribution in [0.25, 0.3) is 27.3 Å². The largest absolute Gasteiger partial charge is 0.394 e. The topological polar surface area (TPSA) is 106 Å². The SMILES string of the molecule is N#CC(=Cc1ccc(-c2ccc3cc(N4CCOCC4)ccc3c2)s1)C(=O)NCC(O)CO. The third-order valence-corrected chi connectivity index (χ3v) is 6.55. The minimum absolute atomic E-state index is 0.0531. The number of hydrogen-bond donors (Lipinski definition) is 3. The summed E-state index contributed by atoms with van der Waals surface area (Å²) in [6.07, 6.45) is 0.477. The predicted molar refractivity (Wildman–Crippen MR) is 130 cm³/mol. The Balaban J connectivity index is 1.51. The highest BCUT2D eigenvalue weighted by molar-refractivity contribution is 7.16. The summed E-state index contributed by atoms with van der Waals surface area (Å²) in [5, 5.41) is 32.3. The number of aliphatic hydroxyl groups excluding tert-OH is 2. The van der Waals surface area contributed by atoms with Gasteiger partial charge in [-0.3, -0.25) is 4.79 Å².